The Bertz CT molecular complexity index is 724. The van der Waals surface area contributed by atoms with Crippen LogP contribution in [0.3, 0.4) is 0 Å². The molecule has 0 heterocycles. The quantitative estimate of drug-likeness (QED) is 0.838. The number of ether oxygens (including phenoxy) is 2. The lowest BCUT2D eigenvalue weighted by Gasteiger charge is -2.27. The van der Waals surface area contributed by atoms with E-state index in [1.54, 1.807) is 6.07 Å². The van der Waals surface area contributed by atoms with Crippen LogP contribution in [-0.4, -0.2) is 30.9 Å². The van der Waals surface area contributed by atoms with Crippen molar-refractivity contribution in [3.63, 3.8) is 0 Å². The number of rotatable bonds is 2. The molecule has 0 bridgehead atoms. The van der Waals surface area contributed by atoms with E-state index in [0.29, 0.717) is 24.0 Å². The van der Waals surface area contributed by atoms with Crippen LogP contribution >= 0.6 is 0 Å². The predicted molar refractivity (Wildman–Crippen MR) is 74.4 cm³/mol. The van der Waals surface area contributed by atoms with Gasteiger partial charge in [-0.15, -0.1) is 0 Å². The summed E-state index contributed by atoms with van der Waals surface area (Å²) in [6.45, 7) is 0. The Morgan fingerprint density at radius 2 is 1.67 bits per heavy atom. The zero-order valence-electron chi connectivity index (χ0n) is 11.7. The standard InChI is InChI=1S/C16H14O5/c1-20-15-13(18)9-7-6-8-4-3-5-10(17)11(8)12(9)14(19)16(15)21-2/h3-5,17H,6-7H2,1-2H3. The minimum absolute atomic E-state index is 0.00262. The first kappa shape index (κ1) is 13.4. The van der Waals surface area contributed by atoms with Crippen LogP contribution in [-0.2, 0) is 25.5 Å². The Kier molecular flexibility index (Phi) is 3.05. The number of Topliss-reactive ketones (excluding diaryl/α,β-unsaturated/α-hetero) is 2. The van der Waals surface area contributed by atoms with Gasteiger partial charge in [0.2, 0.25) is 23.1 Å². The molecule has 3 rings (SSSR count). The largest absolute Gasteiger partial charge is 0.507 e. The van der Waals surface area contributed by atoms with Crippen molar-refractivity contribution in [2.24, 2.45) is 0 Å². The third kappa shape index (κ3) is 1.77. The molecule has 5 nitrogen and oxygen atoms in total. The second kappa shape index (κ2) is 4.77. The van der Waals surface area contributed by atoms with Crippen molar-refractivity contribution in [3.05, 3.63) is 46.4 Å². The summed E-state index contributed by atoms with van der Waals surface area (Å²) in [4.78, 5) is 25.1. The Morgan fingerprint density at radius 3 is 2.33 bits per heavy atom. The highest BCUT2D eigenvalue weighted by Crippen LogP contribution is 2.42. The third-order valence-corrected chi connectivity index (χ3v) is 3.85. The number of ketones is 2. The van der Waals surface area contributed by atoms with Crippen LogP contribution in [0.5, 0.6) is 5.75 Å². The zero-order valence-corrected chi connectivity index (χ0v) is 11.7. The second-order valence-electron chi connectivity index (χ2n) is 4.89. The summed E-state index contributed by atoms with van der Waals surface area (Å²) in [5, 5.41) is 10.1. The number of benzene rings is 1. The van der Waals surface area contributed by atoms with Gasteiger partial charge in [-0.1, -0.05) is 12.1 Å². The highest BCUT2D eigenvalue weighted by molar-refractivity contribution is 6.39. The summed E-state index contributed by atoms with van der Waals surface area (Å²) >= 11 is 0. The Balaban J connectivity index is 2.27. The van der Waals surface area contributed by atoms with E-state index < -0.39 is 5.78 Å². The van der Waals surface area contributed by atoms with E-state index in [1.807, 2.05) is 6.07 Å². The maximum atomic E-state index is 12.6. The van der Waals surface area contributed by atoms with Crippen LogP contribution in [0.15, 0.2) is 35.3 Å². The van der Waals surface area contributed by atoms with E-state index in [4.69, 9.17) is 9.47 Å². The maximum absolute atomic E-state index is 12.6. The molecule has 0 radical (unpaired) electrons. The fourth-order valence-electron chi connectivity index (χ4n) is 2.92. The van der Waals surface area contributed by atoms with E-state index in [2.05, 4.69) is 0 Å². The van der Waals surface area contributed by atoms with Crippen LogP contribution in [0.1, 0.15) is 17.5 Å². The lowest BCUT2D eigenvalue weighted by Crippen LogP contribution is -2.28. The van der Waals surface area contributed by atoms with E-state index in [0.717, 1.165) is 5.56 Å². The van der Waals surface area contributed by atoms with Gasteiger partial charge in [0, 0.05) is 16.7 Å². The van der Waals surface area contributed by atoms with Gasteiger partial charge < -0.3 is 14.6 Å². The fourth-order valence-corrected chi connectivity index (χ4v) is 2.92. The molecule has 0 fully saturated rings. The molecule has 0 unspecified atom stereocenters. The summed E-state index contributed by atoms with van der Waals surface area (Å²) in [5.74, 6) is -0.959. The van der Waals surface area contributed by atoms with E-state index in [9.17, 15) is 14.7 Å². The topological polar surface area (TPSA) is 72.8 Å². The molecule has 1 N–H and O–H groups in total. The van der Waals surface area contributed by atoms with E-state index in [1.165, 1.54) is 20.3 Å². The molecular formula is C16H14O5. The van der Waals surface area contributed by atoms with Gasteiger partial charge in [0.05, 0.1) is 14.2 Å². The molecule has 0 atom stereocenters. The molecule has 108 valence electrons. The van der Waals surface area contributed by atoms with Crippen molar-refractivity contribution in [1.29, 1.82) is 0 Å². The van der Waals surface area contributed by atoms with Crippen molar-refractivity contribution in [3.8, 4) is 5.75 Å². The molecule has 0 saturated carbocycles. The second-order valence-corrected chi connectivity index (χ2v) is 4.89. The molecule has 0 spiro atoms. The number of carbonyl (C=O) groups is 2. The van der Waals surface area contributed by atoms with Crippen molar-refractivity contribution < 1.29 is 24.2 Å². The number of phenolic OH excluding ortho intramolecular Hbond substituents is 1. The average molecular weight is 286 g/mol. The summed E-state index contributed by atoms with van der Waals surface area (Å²) in [5.41, 5.74) is 1.90. The van der Waals surface area contributed by atoms with E-state index >= 15 is 0 Å². The minimum Gasteiger partial charge on any atom is -0.507 e. The first-order valence-electron chi connectivity index (χ1n) is 6.56. The fraction of sp³-hybridized carbons (Fsp3) is 0.250. The van der Waals surface area contributed by atoms with Gasteiger partial charge in [-0.3, -0.25) is 9.59 Å². The van der Waals surface area contributed by atoms with Gasteiger partial charge in [0.25, 0.3) is 0 Å². The molecule has 0 saturated heterocycles. The molecule has 2 aliphatic carbocycles. The molecule has 21 heavy (non-hydrogen) atoms. The number of hydrogen-bond donors (Lipinski definition) is 1. The number of phenols is 1. The number of aryl methyl sites for hydroxylation is 1. The Hall–Kier alpha value is -2.56. The smallest absolute Gasteiger partial charge is 0.232 e. The number of carbonyl (C=O) groups excluding carboxylic acids is 2. The van der Waals surface area contributed by atoms with Gasteiger partial charge in [-0.05, 0) is 24.5 Å². The van der Waals surface area contributed by atoms with Crippen LogP contribution in [0.2, 0.25) is 0 Å². The van der Waals surface area contributed by atoms with E-state index in [-0.39, 0.29) is 28.6 Å². The summed E-state index contributed by atoms with van der Waals surface area (Å²) in [6.07, 6.45) is 1.04. The maximum Gasteiger partial charge on any atom is 0.232 e. The third-order valence-electron chi connectivity index (χ3n) is 3.85. The van der Waals surface area contributed by atoms with Gasteiger partial charge in [0.1, 0.15) is 5.75 Å². The molecule has 1 aromatic carbocycles. The van der Waals surface area contributed by atoms with Crippen LogP contribution in [0.25, 0.3) is 5.57 Å². The molecule has 0 aliphatic heterocycles. The van der Waals surface area contributed by atoms with Crippen molar-refractivity contribution in [2.45, 2.75) is 12.8 Å². The molecule has 5 heteroatoms. The van der Waals surface area contributed by atoms with Crippen LogP contribution < -0.4 is 0 Å². The summed E-state index contributed by atoms with van der Waals surface area (Å²) in [6, 6.07) is 5.08. The number of methoxy groups -OCH3 is 2. The summed E-state index contributed by atoms with van der Waals surface area (Å²) in [7, 11) is 2.65. The van der Waals surface area contributed by atoms with Gasteiger partial charge in [-0.2, -0.15) is 0 Å². The zero-order chi connectivity index (χ0) is 15.1. The number of hydrogen-bond acceptors (Lipinski definition) is 5. The summed E-state index contributed by atoms with van der Waals surface area (Å²) < 4.78 is 10.1. The number of allylic oxidation sites excluding steroid dienone is 2. The minimum atomic E-state index is -0.425. The first-order valence-corrected chi connectivity index (χ1v) is 6.56. The monoisotopic (exact) mass is 286 g/mol. The molecule has 1 aromatic rings. The highest BCUT2D eigenvalue weighted by Gasteiger charge is 2.40. The predicted octanol–water partition coefficient (Wildman–Crippen LogP) is 1.75. The lowest BCUT2D eigenvalue weighted by atomic mass is 9.78. The van der Waals surface area contributed by atoms with Gasteiger partial charge in [0.15, 0.2) is 0 Å². The number of aromatic hydroxyl groups is 1. The SMILES string of the molecule is COC1=C(OC)C(=O)C2=C(CCc3cccc(O)c32)C1=O. The first-order chi connectivity index (χ1) is 10.1. The Labute approximate surface area is 121 Å². The highest BCUT2D eigenvalue weighted by atomic mass is 16.5. The van der Waals surface area contributed by atoms with Gasteiger partial charge >= 0.3 is 0 Å². The normalized spacial score (nSPS) is 17.6. The molecular weight excluding hydrogens is 272 g/mol. The van der Waals surface area contributed by atoms with Crippen LogP contribution in [0.4, 0.5) is 0 Å². The average Bonchev–Trinajstić information content (AvgIpc) is 2.49. The molecule has 0 aromatic heterocycles. The number of fused-ring (bicyclic) bond motifs is 2. The van der Waals surface area contributed by atoms with Gasteiger partial charge in [-0.25, -0.2) is 0 Å². The lowest BCUT2D eigenvalue weighted by molar-refractivity contribution is -0.120. The van der Waals surface area contributed by atoms with Crippen molar-refractivity contribution >= 4 is 17.1 Å². The van der Waals surface area contributed by atoms with Crippen molar-refractivity contribution in [2.75, 3.05) is 14.2 Å². The molecule has 2 aliphatic rings. The van der Waals surface area contributed by atoms with Crippen LogP contribution in [0, 0.1) is 0 Å². The Morgan fingerprint density at radius 1 is 1.00 bits per heavy atom. The molecule has 0 amide bonds. The van der Waals surface area contributed by atoms with Crippen molar-refractivity contribution in [1.82, 2.24) is 0 Å².